The van der Waals surface area contributed by atoms with Gasteiger partial charge in [0.1, 0.15) is 0 Å². The fourth-order valence-electron chi connectivity index (χ4n) is 3.68. The topological polar surface area (TPSA) is 42.4 Å². The van der Waals surface area contributed by atoms with Crippen LogP contribution < -0.4 is 0 Å². The van der Waals surface area contributed by atoms with Crippen molar-refractivity contribution >= 4 is 5.91 Å². The molecule has 1 unspecified atom stereocenters. The van der Waals surface area contributed by atoms with E-state index in [2.05, 4.69) is 29.2 Å². The largest absolute Gasteiger partial charge is 0.378 e. The van der Waals surface area contributed by atoms with Crippen molar-refractivity contribution in [2.24, 2.45) is 0 Å². The second-order valence-corrected chi connectivity index (χ2v) is 7.11. The molecule has 1 aromatic carbocycles. The second kappa shape index (κ2) is 6.96. The number of rotatable bonds is 3. The van der Waals surface area contributed by atoms with Gasteiger partial charge in [0.25, 0.3) is 0 Å². The number of nitrogens with zero attached hydrogens (tertiary/aromatic N) is 2. The third kappa shape index (κ3) is 3.59. The fourth-order valence-corrected chi connectivity index (χ4v) is 3.68. The first-order valence-electron chi connectivity index (χ1n) is 9.13. The number of fused-ring (bicyclic) bond motifs is 1. The minimum Gasteiger partial charge on any atom is -0.378 e. The monoisotopic (exact) mass is 336 g/mol. The van der Waals surface area contributed by atoms with Crippen LogP contribution in [0.4, 0.5) is 0 Å². The number of carbonyl (C=O) groups is 1. The van der Waals surface area contributed by atoms with Crippen molar-refractivity contribution in [2.75, 3.05) is 6.61 Å². The molecule has 0 N–H and O–H groups in total. The number of aromatic nitrogens is 1. The van der Waals surface area contributed by atoms with E-state index in [0.717, 1.165) is 36.3 Å². The normalized spacial score (nSPS) is 19.7. The summed E-state index contributed by atoms with van der Waals surface area (Å²) >= 11 is 0. The third-order valence-corrected chi connectivity index (χ3v) is 5.20. The summed E-state index contributed by atoms with van der Waals surface area (Å²) in [5, 5.41) is 0. The summed E-state index contributed by atoms with van der Waals surface area (Å²) in [6.07, 6.45) is 5.84. The molecule has 4 nitrogen and oxygen atoms in total. The second-order valence-electron chi connectivity index (χ2n) is 7.11. The Morgan fingerprint density at radius 3 is 2.76 bits per heavy atom. The quantitative estimate of drug-likeness (QED) is 0.855. The average Bonchev–Trinajstić information content (AvgIpc) is 3.06. The maximum atomic E-state index is 12.6. The molecular weight excluding hydrogens is 312 g/mol. The van der Waals surface area contributed by atoms with E-state index in [-0.39, 0.29) is 12.0 Å². The van der Waals surface area contributed by atoms with Crippen LogP contribution in [0.1, 0.15) is 42.5 Å². The molecule has 0 bridgehead atoms. The Hall–Kier alpha value is -2.20. The number of hydrogen-bond donors (Lipinski definition) is 0. The number of carbonyl (C=O) groups excluding carboxylic acids is 1. The van der Waals surface area contributed by atoms with Crippen molar-refractivity contribution in [3.63, 3.8) is 0 Å². The first kappa shape index (κ1) is 16.3. The molecule has 1 aromatic heterocycles. The Bertz CT molecular complexity index is 764. The smallest absolute Gasteiger partial charge is 0.225 e. The van der Waals surface area contributed by atoms with Crippen molar-refractivity contribution in [2.45, 2.75) is 51.8 Å². The number of amides is 1. The lowest BCUT2D eigenvalue weighted by molar-refractivity contribution is -0.135. The lowest BCUT2D eigenvalue weighted by atomic mass is 10.0. The predicted molar refractivity (Wildman–Crippen MR) is 96.9 cm³/mol. The number of benzene rings is 1. The van der Waals surface area contributed by atoms with Crippen LogP contribution in [0, 0.1) is 6.92 Å². The lowest BCUT2D eigenvalue weighted by Gasteiger charge is -2.24. The summed E-state index contributed by atoms with van der Waals surface area (Å²) in [6, 6.07) is 10.6. The van der Waals surface area contributed by atoms with E-state index in [1.54, 1.807) is 0 Å². The first-order chi connectivity index (χ1) is 12.2. The molecule has 1 atom stereocenters. The van der Waals surface area contributed by atoms with Gasteiger partial charge in [-0.25, -0.2) is 0 Å². The SMILES string of the molecule is Cc1ccc(-c2ccc3c(c2)CN(C(=O)CC2CCCCO2)C3)cn1. The van der Waals surface area contributed by atoms with Crippen molar-refractivity contribution in [1.29, 1.82) is 0 Å². The van der Waals surface area contributed by atoms with Crippen LogP contribution in [0.25, 0.3) is 11.1 Å². The number of ether oxygens (including phenoxy) is 1. The van der Waals surface area contributed by atoms with E-state index in [1.165, 1.54) is 17.5 Å². The zero-order valence-electron chi connectivity index (χ0n) is 14.7. The molecule has 0 radical (unpaired) electrons. The van der Waals surface area contributed by atoms with E-state index >= 15 is 0 Å². The minimum absolute atomic E-state index is 0.110. The van der Waals surface area contributed by atoms with E-state index in [1.807, 2.05) is 24.1 Å². The Morgan fingerprint density at radius 2 is 2.00 bits per heavy atom. The van der Waals surface area contributed by atoms with Gasteiger partial charge in [-0.15, -0.1) is 0 Å². The summed E-state index contributed by atoms with van der Waals surface area (Å²) in [4.78, 5) is 18.9. The molecule has 2 aromatic rings. The average molecular weight is 336 g/mol. The number of hydrogen-bond acceptors (Lipinski definition) is 3. The molecule has 4 rings (SSSR count). The van der Waals surface area contributed by atoms with Gasteiger partial charge in [0.05, 0.1) is 12.5 Å². The van der Waals surface area contributed by atoms with Crippen molar-refractivity contribution < 1.29 is 9.53 Å². The van der Waals surface area contributed by atoms with E-state index in [0.29, 0.717) is 19.5 Å². The molecule has 130 valence electrons. The molecule has 1 saturated heterocycles. The van der Waals surface area contributed by atoms with Gasteiger partial charge in [0, 0.05) is 37.2 Å². The molecule has 25 heavy (non-hydrogen) atoms. The van der Waals surface area contributed by atoms with Crippen LogP contribution in [-0.2, 0) is 22.6 Å². The Morgan fingerprint density at radius 1 is 1.16 bits per heavy atom. The van der Waals surface area contributed by atoms with Crippen LogP contribution in [0.2, 0.25) is 0 Å². The van der Waals surface area contributed by atoms with E-state index in [4.69, 9.17) is 4.74 Å². The molecule has 3 heterocycles. The molecule has 2 aliphatic rings. The number of aryl methyl sites for hydroxylation is 1. The summed E-state index contributed by atoms with van der Waals surface area (Å²) in [5.74, 6) is 0.210. The van der Waals surface area contributed by atoms with Gasteiger partial charge in [0.15, 0.2) is 0 Å². The molecule has 1 amide bonds. The zero-order valence-corrected chi connectivity index (χ0v) is 14.7. The molecule has 2 aliphatic heterocycles. The summed E-state index contributed by atoms with van der Waals surface area (Å²) in [7, 11) is 0. The van der Waals surface area contributed by atoms with E-state index < -0.39 is 0 Å². The molecule has 4 heteroatoms. The van der Waals surface area contributed by atoms with E-state index in [9.17, 15) is 4.79 Å². The van der Waals surface area contributed by atoms with Crippen molar-refractivity contribution in [3.05, 3.63) is 53.3 Å². The Balaban J connectivity index is 1.45. The minimum atomic E-state index is 0.110. The Kier molecular flexibility index (Phi) is 4.53. The van der Waals surface area contributed by atoms with Gasteiger partial charge in [-0.2, -0.15) is 0 Å². The van der Waals surface area contributed by atoms with Gasteiger partial charge < -0.3 is 9.64 Å². The molecule has 0 spiro atoms. The van der Waals surface area contributed by atoms with Crippen LogP contribution in [-0.4, -0.2) is 28.5 Å². The third-order valence-electron chi connectivity index (χ3n) is 5.20. The molecule has 0 aliphatic carbocycles. The van der Waals surface area contributed by atoms with Gasteiger partial charge >= 0.3 is 0 Å². The van der Waals surface area contributed by atoms with Crippen molar-refractivity contribution in [3.8, 4) is 11.1 Å². The maximum absolute atomic E-state index is 12.6. The summed E-state index contributed by atoms with van der Waals surface area (Å²) in [5.41, 5.74) is 5.80. The fraction of sp³-hybridized carbons (Fsp3) is 0.429. The highest BCUT2D eigenvalue weighted by molar-refractivity contribution is 5.78. The van der Waals surface area contributed by atoms with Gasteiger partial charge in [-0.05, 0) is 55.0 Å². The zero-order chi connectivity index (χ0) is 17.2. The highest BCUT2D eigenvalue weighted by Crippen LogP contribution is 2.29. The standard InChI is InChI=1S/C21H24N2O2/c1-15-5-6-17(12-22-15)16-7-8-18-13-23(14-19(18)10-16)21(24)11-20-4-2-3-9-25-20/h5-8,10,12,20H,2-4,9,11,13-14H2,1H3. The lowest BCUT2D eigenvalue weighted by Crippen LogP contribution is -2.31. The van der Waals surface area contributed by atoms with Gasteiger partial charge in [0.2, 0.25) is 5.91 Å². The first-order valence-corrected chi connectivity index (χ1v) is 9.13. The van der Waals surface area contributed by atoms with Crippen LogP contribution >= 0.6 is 0 Å². The van der Waals surface area contributed by atoms with Gasteiger partial charge in [-0.1, -0.05) is 18.2 Å². The molecule has 0 saturated carbocycles. The predicted octanol–water partition coefficient (Wildman–Crippen LogP) is 3.86. The van der Waals surface area contributed by atoms with Gasteiger partial charge in [-0.3, -0.25) is 9.78 Å². The Labute approximate surface area is 148 Å². The van der Waals surface area contributed by atoms with Crippen molar-refractivity contribution in [1.82, 2.24) is 9.88 Å². The molecular formula is C21H24N2O2. The van der Waals surface area contributed by atoms with Crippen LogP contribution in [0.3, 0.4) is 0 Å². The number of pyridine rings is 1. The summed E-state index contributed by atoms with van der Waals surface area (Å²) < 4.78 is 5.72. The highest BCUT2D eigenvalue weighted by atomic mass is 16.5. The highest BCUT2D eigenvalue weighted by Gasteiger charge is 2.26. The maximum Gasteiger partial charge on any atom is 0.225 e. The van der Waals surface area contributed by atoms with Crippen LogP contribution in [0.5, 0.6) is 0 Å². The van der Waals surface area contributed by atoms with Crippen LogP contribution in [0.15, 0.2) is 36.5 Å². The molecule has 1 fully saturated rings. The summed E-state index contributed by atoms with van der Waals surface area (Å²) in [6.45, 7) is 4.21.